The van der Waals surface area contributed by atoms with Gasteiger partial charge in [-0.15, -0.1) is 12.3 Å². The highest BCUT2D eigenvalue weighted by atomic mass is 16.5. The van der Waals surface area contributed by atoms with Gasteiger partial charge in [-0.05, 0) is 38.0 Å². The lowest BCUT2D eigenvalue weighted by molar-refractivity contribution is 0.0276. The van der Waals surface area contributed by atoms with Crippen molar-refractivity contribution in [3.8, 4) is 23.8 Å². The minimum atomic E-state index is -0.375. The lowest BCUT2D eigenvalue weighted by Gasteiger charge is -2.16. The van der Waals surface area contributed by atoms with Gasteiger partial charge in [-0.1, -0.05) is 6.92 Å². The summed E-state index contributed by atoms with van der Waals surface area (Å²) in [5, 5.41) is 0. The van der Waals surface area contributed by atoms with E-state index in [1.165, 1.54) is 7.11 Å². The van der Waals surface area contributed by atoms with Gasteiger partial charge in [-0.2, -0.15) is 0 Å². The third-order valence-electron chi connectivity index (χ3n) is 3.04. The molecule has 0 radical (unpaired) electrons. The number of hydrogen-bond acceptors (Lipinski definition) is 4. The van der Waals surface area contributed by atoms with Crippen LogP contribution in [0.1, 0.15) is 43.5 Å². The van der Waals surface area contributed by atoms with Crippen LogP contribution in [0, 0.1) is 12.3 Å². The summed E-state index contributed by atoms with van der Waals surface area (Å²) in [6.45, 7) is 4.39. The van der Waals surface area contributed by atoms with Crippen LogP contribution in [0.15, 0.2) is 18.2 Å². The van der Waals surface area contributed by atoms with Crippen LogP contribution in [0.3, 0.4) is 0 Å². The summed E-state index contributed by atoms with van der Waals surface area (Å²) in [6, 6.07) is 5.01. The Morgan fingerprint density at radius 3 is 2.67 bits per heavy atom. The number of rotatable bonds is 8. The van der Waals surface area contributed by atoms with Crippen LogP contribution in [0.25, 0.3) is 0 Å². The highest BCUT2D eigenvalue weighted by Crippen LogP contribution is 2.28. The Bertz CT molecular complexity index is 502. The minimum Gasteiger partial charge on any atom is -0.493 e. The Kier molecular flexibility index (Phi) is 7.17. The van der Waals surface area contributed by atoms with Gasteiger partial charge < -0.3 is 14.2 Å². The average molecular weight is 290 g/mol. The number of benzene rings is 1. The standard InChI is InChI=1S/C17H22O4/c1-5-8-9-14(6-2)21-17(18)13-10-11-15(20-7-3)16(12-13)19-4/h1,10-12,14H,6-9H2,2-4H3/t14-/m0/s1. The molecule has 0 saturated heterocycles. The van der Waals surface area contributed by atoms with Gasteiger partial charge in [0.15, 0.2) is 11.5 Å². The molecule has 4 nitrogen and oxygen atoms in total. The van der Waals surface area contributed by atoms with E-state index in [9.17, 15) is 4.79 Å². The first kappa shape index (κ1) is 16.9. The van der Waals surface area contributed by atoms with E-state index in [1.807, 2.05) is 13.8 Å². The Balaban J connectivity index is 2.80. The summed E-state index contributed by atoms with van der Waals surface area (Å²) in [5.74, 6) is 3.31. The van der Waals surface area contributed by atoms with E-state index < -0.39 is 0 Å². The lowest BCUT2D eigenvalue weighted by Crippen LogP contribution is -2.17. The van der Waals surface area contributed by atoms with E-state index in [0.717, 1.165) is 6.42 Å². The van der Waals surface area contributed by atoms with Gasteiger partial charge in [0.1, 0.15) is 6.10 Å². The van der Waals surface area contributed by atoms with Gasteiger partial charge in [0.25, 0.3) is 0 Å². The molecule has 0 amide bonds. The van der Waals surface area contributed by atoms with Gasteiger partial charge in [-0.25, -0.2) is 4.79 Å². The molecule has 0 aliphatic heterocycles. The van der Waals surface area contributed by atoms with E-state index in [0.29, 0.717) is 36.5 Å². The van der Waals surface area contributed by atoms with Gasteiger partial charge in [0.2, 0.25) is 0 Å². The Morgan fingerprint density at radius 2 is 2.10 bits per heavy atom. The van der Waals surface area contributed by atoms with Crippen LogP contribution in [-0.2, 0) is 4.74 Å². The van der Waals surface area contributed by atoms with Crippen LogP contribution in [-0.4, -0.2) is 25.8 Å². The molecule has 0 fully saturated rings. The predicted molar refractivity (Wildman–Crippen MR) is 81.7 cm³/mol. The van der Waals surface area contributed by atoms with E-state index >= 15 is 0 Å². The number of hydrogen-bond donors (Lipinski definition) is 0. The zero-order valence-electron chi connectivity index (χ0n) is 12.8. The molecule has 0 aromatic heterocycles. The van der Waals surface area contributed by atoms with Crippen molar-refractivity contribution in [2.24, 2.45) is 0 Å². The summed E-state index contributed by atoms with van der Waals surface area (Å²) in [6.07, 6.45) is 7.08. The smallest absolute Gasteiger partial charge is 0.338 e. The van der Waals surface area contributed by atoms with Crippen LogP contribution in [0.4, 0.5) is 0 Å². The largest absolute Gasteiger partial charge is 0.493 e. The van der Waals surface area contributed by atoms with Crippen molar-refractivity contribution in [2.45, 2.75) is 39.2 Å². The van der Waals surface area contributed by atoms with Crippen molar-refractivity contribution in [3.05, 3.63) is 23.8 Å². The number of ether oxygens (including phenoxy) is 3. The van der Waals surface area contributed by atoms with Gasteiger partial charge >= 0.3 is 5.97 Å². The zero-order chi connectivity index (χ0) is 15.7. The van der Waals surface area contributed by atoms with Crippen LogP contribution >= 0.6 is 0 Å². The topological polar surface area (TPSA) is 44.8 Å². The van der Waals surface area contributed by atoms with E-state index in [1.54, 1.807) is 18.2 Å². The Morgan fingerprint density at radius 1 is 1.33 bits per heavy atom. The van der Waals surface area contributed by atoms with Crippen molar-refractivity contribution in [1.29, 1.82) is 0 Å². The van der Waals surface area contributed by atoms with Gasteiger partial charge in [-0.3, -0.25) is 0 Å². The second-order valence-corrected chi connectivity index (χ2v) is 4.48. The molecule has 4 heteroatoms. The van der Waals surface area contributed by atoms with Crippen molar-refractivity contribution < 1.29 is 19.0 Å². The quantitative estimate of drug-likeness (QED) is 0.543. The molecule has 0 aliphatic carbocycles. The van der Waals surface area contributed by atoms with E-state index in [4.69, 9.17) is 20.6 Å². The first-order chi connectivity index (χ1) is 10.2. The maximum Gasteiger partial charge on any atom is 0.338 e. The van der Waals surface area contributed by atoms with E-state index in [2.05, 4.69) is 5.92 Å². The number of carbonyl (C=O) groups excluding carboxylic acids is 1. The molecule has 0 bridgehead atoms. The molecule has 1 rings (SSSR count). The number of esters is 1. The normalized spacial score (nSPS) is 11.3. The number of methoxy groups -OCH3 is 1. The molecule has 21 heavy (non-hydrogen) atoms. The fourth-order valence-corrected chi connectivity index (χ4v) is 1.88. The summed E-state index contributed by atoms with van der Waals surface area (Å²) in [5.41, 5.74) is 0.439. The predicted octanol–water partition coefficient (Wildman–Crippen LogP) is 3.44. The summed E-state index contributed by atoms with van der Waals surface area (Å²) < 4.78 is 16.1. The fourth-order valence-electron chi connectivity index (χ4n) is 1.88. The summed E-state index contributed by atoms with van der Waals surface area (Å²) >= 11 is 0. The minimum absolute atomic E-state index is 0.161. The number of terminal acetylenes is 1. The number of carbonyl (C=O) groups is 1. The molecular weight excluding hydrogens is 268 g/mol. The molecule has 0 N–H and O–H groups in total. The van der Waals surface area contributed by atoms with E-state index in [-0.39, 0.29) is 12.1 Å². The van der Waals surface area contributed by atoms with Gasteiger partial charge in [0.05, 0.1) is 19.3 Å². The van der Waals surface area contributed by atoms with Crippen LogP contribution in [0.2, 0.25) is 0 Å². The van der Waals surface area contributed by atoms with Gasteiger partial charge in [0, 0.05) is 6.42 Å². The molecule has 0 aliphatic rings. The SMILES string of the molecule is C#CCC[C@H](CC)OC(=O)c1ccc(OCC)c(OC)c1. The first-order valence-electron chi connectivity index (χ1n) is 7.11. The van der Waals surface area contributed by atoms with Crippen molar-refractivity contribution in [2.75, 3.05) is 13.7 Å². The van der Waals surface area contributed by atoms with Crippen molar-refractivity contribution in [1.82, 2.24) is 0 Å². The Labute approximate surface area is 126 Å². The van der Waals surface area contributed by atoms with Crippen LogP contribution < -0.4 is 9.47 Å². The van der Waals surface area contributed by atoms with Crippen molar-refractivity contribution in [3.63, 3.8) is 0 Å². The molecule has 0 unspecified atom stereocenters. The second-order valence-electron chi connectivity index (χ2n) is 4.48. The Hall–Kier alpha value is -2.15. The monoisotopic (exact) mass is 290 g/mol. The lowest BCUT2D eigenvalue weighted by atomic mass is 10.1. The molecule has 1 aromatic rings. The van der Waals surface area contributed by atoms with Crippen molar-refractivity contribution >= 4 is 5.97 Å². The molecule has 0 heterocycles. The summed E-state index contributed by atoms with van der Waals surface area (Å²) in [7, 11) is 1.54. The molecule has 0 saturated carbocycles. The first-order valence-corrected chi connectivity index (χ1v) is 7.11. The average Bonchev–Trinajstić information content (AvgIpc) is 2.51. The molecule has 1 atom stereocenters. The molecule has 114 valence electrons. The zero-order valence-corrected chi connectivity index (χ0v) is 12.8. The third kappa shape index (κ3) is 5.03. The third-order valence-corrected chi connectivity index (χ3v) is 3.04. The summed E-state index contributed by atoms with van der Waals surface area (Å²) in [4.78, 5) is 12.1. The fraction of sp³-hybridized carbons (Fsp3) is 0.471. The molecule has 0 spiro atoms. The second kappa shape index (κ2) is 8.91. The highest BCUT2D eigenvalue weighted by Gasteiger charge is 2.16. The molecule has 1 aromatic carbocycles. The maximum atomic E-state index is 12.1. The molecular formula is C17H22O4. The highest BCUT2D eigenvalue weighted by molar-refractivity contribution is 5.90. The van der Waals surface area contributed by atoms with Crippen LogP contribution in [0.5, 0.6) is 11.5 Å². The maximum absolute atomic E-state index is 12.1.